The minimum atomic E-state index is -4.09. The topological polar surface area (TPSA) is 74.8 Å². The first-order valence-corrected chi connectivity index (χ1v) is 10.3. The zero-order valence-corrected chi connectivity index (χ0v) is 16.1. The number of sulfonamides is 1. The van der Waals surface area contributed by atoms with Crippen LogP contribution in [0.4, 0.5) is 5.69 Å². The van der Waals surface area contributed by atoms with Crippen LogP contribution in [0.25, 0.3) is 0 Å². The third kappa shape index (κ3) is 3.60. The van der Waals surface area contributed by atoms with E-state index < -0.39 is 22.0 Å². The van der Waals surface area contributed by atoms with Crippen LogP contribution in [-0.4, -0.2) is 37.1 Å². The number of benzene rings is 2. The molecule has 0 radical (unpaired) electrons. The van der Waals surface area contributed by atoms with E-state index in [4.69, 9.17) is 0 Å². The molecular weight excluding hydrogens is 364 g/mol. The third-order valence-corrected chi connectivity index (χ3v) is 6.52. The number of aryl methyl sites for hydroxylation is 1. The Morgan fingerprint density at radius 1 is 1.11 bits per heavy atom. The van der Waals surface area contributed by atoms with Gasteiger partial charge in [-0.25, -0.2) is 12.7 Å². The first-order valence-electron chi connectivity index (χ1n) is 8.86. The van der Waals surface area contributed by atoms with Crippen LogP contribution < -0.4 is 4.90 Å². The zero-order chi connectivity index (χ0) is 19.6. The summed E-state index contributed by atoms with van der Waals surface area (Å²) in [5.41, 5.74) is 1.59. The fourth-order valence-electron chi connectivity index (χ4n) is 3.26. The van der Waals surface area contributed by atoms with E-state index in [0.29, 0.717) is 12.2 Å². The standard InChI is InChI=1S/C20H22N2O4S/c1-3-21(16-7-5-4-6-8-16)20(24)18-13-14-19(23)22(18)27(25,26)17-11-9-15(2)10-12-17/h4-12,18H,3,13-14H2,1-2H3/t18-/m0/s1. The number of para-hydroxylation sites is 1. The monoisotopic (exact) mass is 386 g/mol. The van der Waals surface area contributed by atoms with Crippen LogP contribution in [0.2, 0.25) is 0 Å². The molecule has 1 saturated heterocycles. The van der Waals surface area contributed by atoms with Crippen molar-refractivity contribution in [2.24, 2.45) is 0 Å². The molecule has 1 heterocycles. The van der Waals surface area contributed by atoms with Gasteiger partial charge in [0.2, 0.25) is 5.91 Å². The normalized spacial score (nSPS) is 17.2. The average Bonchev–Trinajstić information content (AvgIpc) is 3.06. The van der Waals surface area contributed by atoms with Gasteiger partial charge in [0.1, 0.15) is 6.04 Å². The molecule has 0 bridgehead atoms. The Labute approximate surface area is 159 Å². The van der Waals surface area contributed by atoms with Crippen molar-refractivity contribution in [3.05, 3.63) is 60.2 Å². The van der Waals surface area contributed by atoms with Crippen molar-refractivity contribution in [2.75, 3.05) is 11.4 Å². The second-order valence-corrected chi connectivity index (χ2v) is 8.30. The molecule has 1 fully saturated rings. The highest BCUT2D eigenvalue weighted by atomic mass is 32.2. The summed E-state index contributed by atoms with van der Waals surface area (Å²) in [7, 11) is -4.09. The average molecular weight is 386 g/mol. The van der Waals surface area contributed by atoms with E-state index >= 15 is 0 Å². The Morgan fingerprint density at radius 3 is 2.33 bits per heavy atom. The summed E-state index contributed by atoms with van der Waals surface area (Å²) < 4.78 is 26.9. The van der Waals surface area contributed by atoms with Crippen LogP contribution >= 0.6 is 0 Å². The largest absolute Gasteiger partial charge is 0.311 e. The predicted molar refractivity (Wildman–Crippen MR) is 103 cm³/mol. The lowest BCUT2D eigenvalue weighted by Gasteiger charge is -2.29. The maximum Gasteiger partial charge on any atom is 0.267 e. The number of carbonyl (C=O) groups excluding carboxylic acids is 2. The molecule has 0 saturated carbocycles. The lowest BCUT2D eigenvalue weighted by Crippen LogP contribution is -2.49. The van der Waals surface area contributed by atoms with E-state index in [2.05, 4.69) is 0 Å². The molecule has 1 aliphatic rings. The van der Waals surface area contributed by atoms with Gasteiger partial charge in [-0.05, 0) is 44.5 Å². The lowest BCUT2D eigenvalue weighted by atomic mass is 10.2. The number of anilines is 1. The van der Waals surface area contributed by atoms with Gasteiger partial charge >= 0.3 is 0 Å². The highest BCUT2D eigenvalue weighted by Crippen LogP contribution is 2.29. The van der Waals surface area contributed by atoms with Crippen molar-refractivity contribution < 1.29 is 18.0 Å². The Kier molecular flexibility index (Phi) is 5.32. The summed E-state index contributed by atoms with van der Waals surface area (Å²) >= 11 is 0. The van der Waals surface area contributed by atoms with Gasteiger partial charge in [0.05, 0.1) is 4.90 Å². The predicted octanol–water partition coefficient (Wildman–Crippen LogP) is 2.73. The van der Waals surface area contributed by atoms with E-state index in [9.17, 15) is 18.0 Å². The number of likely N-dealkylation sites (N-methyl/N-ethyl adjacent to an activating group) is 1. The summed E-state index contributed by atoms with van der Waals surface area (Å²) in [6.45, 7) is 4.05. The minimum Gasteiger partial charge on any atom is -0.311 e. The van der Waals surface area contributed by atoms with Gasteiger partial charge < -0.3 is 4.90 Å². The van der Waals surface area contributed by atoms with Gasteiger partial charge in [-0.1, -0.05) is 35.9 Å². The Bertz CT molecular complexity index is 940. The van der Waals surface area contributed by atoms with Gasteiger partial charge in [-0.3, -0.25) is 9.59 Å². The number of rotatable bonds is 5. The van der Waals surface area contributed by atoms with Crippen LogP contribution in [0.1, 0.15) is 25.3 Å². The second kappa shape index (κ2) is 7.52. The minimum absolute atomic E-state index is 0.0175. The third-order valence-electron chi connectivity index (χ3n) is 4.67. The van der Waals surface area contributed by atoms with E-state index in [0.717, 1.165) is 9.87 Å². The molecule has 7 heteroatoms. The molecule has 3 rings (SSSR count). The number of hydrogen-bond donors (Lipinski definition) is 0. The maximum atomic E-state index is 13.1. The molecule has 0 spiro atoms. The molecule has 6 nitrogen and oxygen atoms in total. The van der Waals surface area contributed by atoms with Crippen LogP contribution in [0.15, 0.2) is 59.5 Å². The summed E-state index contributed by atoms with van der Waals surface area (Å²) in [6.07, 6.45) is 0.222. The van der Waals surface area contributed by atoms with Crippen LogP contribution in [0, 0.1) is 6.92 Å². The van der Waals surface area contributed by atoms with Gasteiger partial charge in [-0.15, -0.1) is 0 Å². The van der Waals surface area contributed by atoms with Gasteiger partial charge in [0, 0.05) is 18.7 Å². The summed E-state index contributed by atoms with van der Waals surface area (Å²) in [6, 6.07) is 14.3. The molecule has 2 aromatic rings. The Morgan fingerprint density at radius 2 is 1.74 bits per heavy atom. The fraction of sp³-hybridized carbons (Fsp3) is 0.300. The summed E-state index contributed by atoms with van der Waals surface area (Å²) in [5.74, 6) is -0.928. The number of hydrogen-bond acceptors (Lipinski definition) is 4. The number of carbonyl (C=O) groups is 2. The highest BCUT2D eigenvalue weighted by Gasteiger charge is 2.45. The van der Waals surface area contributed by atoms with Gasteiger partial charge in [0.25, 0.3) is 15.9 Å². The van der Waals surface area contributed by atoms with Crippen LogP contribution in [0.3, 0.4) is 0 Å². The summed E-state index contributed by atoms with van der Waals surface area (Å²) in [4.78, 5) is 27.1. The number of nitrogens with zero attached hydrogens (tertiary/aromatic N) is 2. The molecule has 27 heavy (non-hydrogen) atoms. The fourth-order valence-corrected chi connectivity index (χ4v) is 4.86. The van der Waals surface area contributed by atoms with Crippen molar-refractivity contribution in [3.8, 4) is 0 Å². The molecule has 2 aromatic carbocycles. The highest BCUT2D eigenvalue weighted by molar-refractivity contribution is 7.89. The van der Waals surface area contributed by atoms with Crippen molar-refractivity contribution in [2.45, 2.75) is 37.6 Å². The Balaban J connectivity index is 1.96. The molecule has 0 aromatic heterocycles. The van der Waals surface area contributed by atoms with Crippen molar-refractivity contribution in [1.82, 2.24) is 4.31 Å². The smallest absolute Gasteiger partial charge is 0.267 e. The van der Waals surface area contributed by atoms with Gasteiger partial charge in [-0.2, -0.15) is 0 Å². The van der Waals surface area contributed by atoms with Crippen molar-refractivity contribution >= 4 is 27.5 Å². The lowest BCUT2D eigenvalue weighted by molar-refractivity contribution is -0.129. The van der Waals surface area contributed by atoms with E-state index in [-0.39, 0.29) is 23.6 Å². The van der Waals surface area contributed by atoms with Crippen molar-refractivity contribution in [1.29, 1.82) is 0 Å². The molecule has 0 unspecified atom stereocenters. The first kappa shape index (κ1) is 19.1. The van der Waals surface area contributed by atoms with Gasteiger partial charge in [0.15, 0.2) is 0 Å². The molecule has 0 aliphatic carbocycles. The van der Waals surface area contributed by atoms with E-state index in [1.54, 1.807) is 24.3 Å². The maximum absolute atomic E-state index is 13.1. The van der Waals surface area contributed by atoms with Crippen LogP contribution in [-0.2, 0) is 19.6 Å². The molecule has 2 amide bonds. The molecule has 1 aliphatic heterocycles. The molecule has 142 valence electrons. The summed E-state index contributed by atoms with van der Waals surface area (Å²) in [5, 5.41) is 0. The van der Waals surface area contributed by atoms with Crippen LogP contribution in [0.5, 0.6) is 0 Å². The molecule has 1 atom stereocenters. The van der Waals surface area contributed by atoms with Crippen molar-refractivity contribution in [3.63, 3.8) is 0 Å². The first-order chi connectivity index (χ1) is 12.9. The SMILES string of the molecule is CCN(C(=O)[C@@H]1CCC(=O)N1S(=O)(=O)c1ccc(C)cc1)c1ccccc1. The zero-order valence-electron chi connectivity index (χ0n) is 15.3. The molecular formula is C20H22N2O4S. The molecule has 0 N–H and O–H groups in total. The quantitative estimate of drug-likeness (QED) is 0.792. The number of amides is 2. The van der Waals surface area contributed by atoms with E-state index in [1.807, 2.05) is 32.0 Å². The Hall–Kier alpha value is -2.67. The van der Waals surface area contributed by atoms with E-state index in [1.165, 1.54) is 17.0 Å². The second-order valence-electron chi connectivity index (χ2n) is 6.48.